The van der Waals surface area contributed by atoms with E-state index in [4.69, 9.17) is 17.3 Å². The average Bonchev–Trinajstić information content (AvgIpc) is 2.15. The number of nitro groups is 1. The lowest BCUT2D eigenvalue weighted by Crippen LogP contribution is -2.27. The quantitative estimate of drug-likeness (QED) is 0.485. The topological polar surface area (TPSA) is 86.2 Å². The van der Waals surface area contributed by atoms with E-state index >= 15 is 0 Å². The van der Waals surface area contributed by atoms with Gasteiger partial charge in [-0.15, -0.1) is 0 Å². The molecule has 80 valence electrons. The Kier molecular flexibility index (Phi) is 3.39. The van der Waals surface area contributed by atoms with Crippen LogP contribution in [0.25, 0.3) is 0 Å². The van der Waals surface area contributed by atoms with Crippen LogP contribution in [0, 0.1) is 10.1 Å². The van der Waals surface area contributed by atoms with Gasteiger partial charge in [0.15, 0.2) is 5.78 Å². The maximum atomic E-state index is 11.5. The molecule has 0 aromatic heterocycles. The lowest BCUT2D eigenvalue weighted by molar-refractivity contribution is -0.385. The minimum atomic E-state index is -0.790. The number of nitro benzene ring substituents is 1. The molecule has 0 radical (unpaired) electrons. The number of Topliss-reactive ketones (excluding diaryl/α,β-unsaturated/α-hetero) is 1. The first-order chi connectivity index (χ1) is 6.93. The van der Waals surface area contributed by atoms with Gasteiger partial charge in [-0.1, -0.05) is 11.6 Å². The van der Waals surface area contributed by atoms with E-state index in [0.717, 1.165) is 0 Å². The molecule has 1 aromatic carbocycles. The Labute approximate surface area is 91.0 Å². The highest BCUT2D eigenvalue weighted by molar-refractivity contribution is 6.31. The lowest BCUT2D eigenvalue weighted by Gasteiger charge is -2.05. The van der Waals surface area contributed by atoms with Crippen molar-refractivity contribution in [2.75, 3.05) is 0 Å². The van der Waals surface area contributed by atoms with E-state index in [1.54, 1.807) is 0 Å². The number of carbonyl (C=O) groups is 1. The summed E-state index contributed by atoms with van der Waals surface area (Å²) in [6, 6.07) is 3.02. The van der Waals surface area contributed by atoms with Gasteiger partial charge in [0, 0.05) is 11.1 Å². The lowest BCUT2D eigenvalue weighted by atomic mass is 10.0. The van der Waals surface area contributed by atoms with E-state index in [0.29, 0.717) is 0 Å². The Balaban J connectivity index is 3.30. The molecule has 0 saturated heterocycles. The molecule has 1 aromatic rings. The zero-order valence-corrected chi connectivity index (χ0v) is 8.69. The standard InChI is InChI=1S/C9H9ClN2O3/c1-5(11)9(13)7-4-6(10)2-3-8(7)12(14)15/h2-5H,11H2,1H3. The highest BCUT2D eigenvalue weighted by atomic mass is 35.5. The molecule has 0 bridgehead atoms. The third-order valence-corrected chi connectivity index (χ3v) is 2.07. The molecule has 0 aliphatic rings. The van der Waals surface area contributed by atoms with Crippen LogP contribution in [0.15, 0.2) is 18.2 Å². The summed E-state index contributed by atoms with van der Waals surface area (Å²) < 4.78 is 0. The van der Waals surface area contributed by atoms with Crippen molar-refractivity contribution < 1.29 is 9.72 Å². The number of benzene rings is 1. The Hall–Kier alpha value is -1.46. The normalized spacial score (nSPS) is 12.2. The molecule has 0 fully saturated rings. The number of hydrogen-bond donors (Lipinski definition) is 1. The first-order valence-electron chi connectivity index (χ1n) is 4.17. The number of rotatable bonds is 3. The van der Waals surface area contributed by atoms with Gasteiger partial charge >= 0.3 is 0 Å². The van der Waals surface area contributed by atoms with Crippen LogP contribution in [0.3, 0.4) is 0 Å². The predicted octanol–water partition coefficient (Wildman–Crippen LogP) is 1.78. The number of nitrogens with two attached hydrogens (primary N) is 1. The maximum Gasteiger partial charge on any atom is 0.280 e. The molecule has 1 rings (SSSR count). The van der Waals surface area contributed by atoms with Crippen molar-refractivity contribution in [2.45, 2.75) is 13.0 Å². The van der Waals surface area contributed by atoms with Crippen molar-refractivity contribution in [3.05, 3.63) is 38.9 Å². The van der Waals surface area contributed by atoms with E-state index in [1.807, 2.05) is 0 Å². The van der Waals surface area contributed by atoms with Gasteiger partial charge in [-0.2, -0.15) is 0 Å². The summed E-state index contributed by atoms with van der Waals surface area (Å²) in [6.45, 7) is 1.47. The highest BCUT2D eigenvalue weighted by Gasteiger charge is 2.22. The predicted molar refractivity (Wildman–Crippen MR) is 56.1 cm³/mol. The molecule has 0 heterocycles. The average molecular weight is 229 g/mol. The van der Waals surface area contributed by atoms with Crippen molar-refractivity contribution in [3.8, 4) is 0 Å². The molecule has 2 N–H and O–H groups in total. The van der Waals surface area contributed by atoms with E-state index < -0.39 is 16.7 Å². The van der Waals surface area contributed by atoms with Crippen LogP contribution in [0.2, 0.25) is 5.02 Å². The van der Waals surface area contributed by atoms with E-state index in [-0.39, 0.29) is 16.3 Å². The SMILES string of the molecule is CC(N)C(=O)c1cc(Cl)ccc1[N+](=O)[O-]. The summed E-state index contributed by atoms with van der Waals surface area (Å²) >= 11 is 5.65. The first kappa shape index (κ1) is 11.6. The van der Waals surface area contributed by atoms with Crippen LogP contribution in [-0.4, -0.2) is 16.7 Å². The van der Waals surface area contributed by atoms with Gasteiger partial charge in [-0.05, 0) is 19.1 Å². The van der Waals surface area contributed by atoms with Crippen molar-refractivity contribution in [1.82, 2.24) is 0 Å². The maximum absolute atomic E-state index is 11.5. The zero-order valence-electron chi connectivity index (χ0n) is 7.94. The van der Waals surface area contributed by atoms with Crippen LogP contribution in [0.4, 0.5) is 5.69 Å². The Morgan fingerprint density at radius 2 is 2.20 bits per heavy atom. The van der Waals surface area contributed by atoms with Crippen LogP contribution >= 0.6 is 11.6 Å². The first-order valence-corrected chi connectivity index (χ1v) is 4.55. The van der Waals surface area contributed by atoms with Gasteiger partial charge in [-0.3, -0.25) is 14.9 Å². The third kappa shape index (κ3) is 2.51. The Bertz CT molecular complexity index is 418. The molecule has 15 heavy (non-hydrogen) atoms. The third-order valence-electron chi connectivity index (χ3n) is 1.83. The number of hydrogen-bond acceptors (Lipinski definition) is 4. The molecule has 0 amide bonds. The Morgan fingerprint density at radius 3 is 2.67 bits per heavy atom. The van der Waals surface area contributed by atoms with Crippen molar-refractivity contribution in [2.24, 2.45) is 5.73 Å². The summed E-state index contributed by atoms with van der Waals surface area (Å²) in [4.78, 5) is 21.5. The van der Waals surface area contributed by atoms with Crippen molar-refractivity contribution >= 4 is 23.1 Å². The molecule has 5 nitrogen and oxygen atoms in total. The summed E-state index contributed by atoms with van der Waals surface area (Å²) in [6.07, 6.45) is 0. The molecule has 0 aliphatic heterocycles. The molecule has 0 spiro atoms. The van der Waals surface area contributed by atoms with E-state index in [2.05, 4.69) is 0 Å². The minimum absolute atomic E-state index is 0.0532. The monoisotopic (exact) mass is 228 g/mol. The van der Waals surface area contributed by atoms with Gasteiger partial charge in [0.05, 0.1) is 16.5 Å². The molecular weight excluding hydrogens is 220 g/mol. The van der Waals surface area contributed by atoms with Gasteiger partial charge in [0.2, 0.25) is 0 Å². The molecular formula is C9H9ClN2O3. The largest absolute Gasteiger partial charge is 0.321 e. The highest BCUT2D eigenvalue weighted by Crippen LogP contribution is 2.23. The second-order valence-electron chi connectivity index (χ2n) is 3.07. The summed E-state index contributed by atoms with van der Waals surface area (Å²) in [5.41, 5.74) is 5.04. The van der Waals surface area contributed by atoms with Crippen LogP contribution in [-0.2, 0) is 0 Å². The smallest absolute Gasteiger partial charge is 0.280 e. The summed E-state index contributed by atoms with van der Waals surface area (Å²) in [7, 11) is 0. The number of nitrogens with zero attached hydrogens (tertiary/aromatic N) is 1. The zero-order chi connectivity index (χ0) is 11.6. The second kappa shape index (κ2) is 4.37. The van der Waals surface area contributed by atoms with Gasteiger partial charge in [0.1, 0.15) is 0 Å². The summed E-state index contributed by atoms with van der Waals surface area (Å²) in [5, 5.41) is 10.9. The number of halogens is 1. The van der Waals surface area contributed by atoms with Gasteiger partial charge < -0.3 is 5.73 Å². The Morgan fingerprint density at radius 1 is 1.60 bits per heavy atom. The molecule has 0 aliphatic carbocycles. The van der Waals surface area contributed by atoms with Crippen molar-refractivity contribution in [1.29, 1.82) is 0 Å². The van der Waals surface area contributed by atoms with Crippen LogP contribution < -0.4 is 5.73 Å². The van der Waals surface area contributed by atoms with Gasteiger partial charge in [0.25, 0.3) is 5.69 Å². The van der Waals surface area contributed by atoms with Crippen LogP contribution in [0.1, 0.15) is 17.3 Å². The van der Waals surface area contributed by atoms with Crippen LogP contribution in [0.5, 0.6) is 0 Å². The van der Waals surface area contributed by atoms with Gasteiger partial charge in [-0.25, -0.2) is 0 Å². The fraction of sp³-hybridized carbons (Fsp3) is 0.222. The number of carbonyl (C=O) groups excluding carboxylic acids is 1. The molecule has 1 unspecified atom stereocenters. The molecule has 6 heteroatoms. The number of ketones is 1. The molecule has 0 saturated carbocycles. The fourth-order valence-corrected chi connectivity index (χ4v) is 1.28. The van der Waals surface area contributed by atoms with E-state index in [1.165, 1.54) is 25.1 Å². The molecule has 1 atom stereocenters. The second-order valence-corrected chi connectivity index (χ2v) is 3.51. The summed E-state index contributed by atoms with van der Waals surface area (Å²) in [5.74, 6) is -0.496. The minimum Gasteiger partial charge on any atom is -0.321 e. The van der Waals surface area contributed by atoms with Crippen molar-refractivity contribution in [3.63, 3.8) is 0 Å². The fourth-order valence-electron chi connectivity index (χ4n) is 1.11. The van der Waals surface area contributed by atoms with E-state index in [9.17, 15) is 14.9 Å².